The molecule has 9 heavy (non-hydrogen) atoms. The van der Waals surface area contributed by atoms with Gasteiger partial charge in [0, 0.05) is 0 Å². The molecule has 0 aromatic carbocycles. The molecule has 0 aliphatic rings. The van der Waals surface area contributed by atoms with E-state index in [-0.39, 0.29) is 0 Å². The maximum atomic E-state index is 11.4. The Morgan fingerprint density at radius 1 is 1.56 bits per heavy atom. The molecule has 0 amide bonds. The van der Waals surface area contributed by atoms with Crippen LogP contribution in [-0.2, 0) is 0 Å². The van der Waals surface area contributed by atoms with Crippen molar-refractivity contribution in [2.75, 3.05) is 0 Å². The van der Waals surface area contributed by atoms with E-state index in [2.05, 4.69) is 15.9 Å². The van der Waals surface area contributed by atoms with Gasteiger partial charge in [-0.1, -0.05) is 15.9 Å². The van der Waals surface area contributed by atoms with Crippen molar-refractivity contribution in [3.8, 4) is 6.07 Å². The standard InChI is InChI=1S/C4H3BrF3N/c5-3(1-2-9)4(6,7)8/h3H,1H2. The molecule has 0 rings (SSSR count). The van der Waals surface area contributed by atoms with Crippen LogP contribution in [0.25, 0.3) is 0 Å². The highest BCUT2D eigenvalue weighted by atomic mass is 79.9. The van der Waals surface area contributed by atoms with Crippen LogP contribution in [0.1, 0.15) is 6.42 Å². The third-order valence-corrected chi connectivity index (χ3v) is 1.47. The van der Waals surface area contributed by atoms with Crippen LogP contribution in [0.5, 0.6) is 0 Å². The molecule has 1 unspecified atom stereocenters. The smallest absolute Gasteiger partial charge is 0.198 e. The van der Waals surface area contributed by atoms with Crippen molar-refractivity contribution < 1.29 is 13.2 Å². The Balaban J connectivity index is 3.76. The summed E-state index contributed by atoms with van der Waals surface area (Å²) in [6, 6.07) is 1.41. The van der Waals surface area contributed by atoms with Gasteiger partial charge in [0.2, 0.25) is 0 Å². The summed E-state index contributed by atoms with van der Waals surface area (Å²) in [6.07, 6.45) is -4.83. The topological polar surface area (TPSA) is 23.8 Å². The lowest BCUT2D eigenvalue weighted by molar-refractivity contribution is -0.126. The molecule has 0 bridgehead atoms. The van der Waals surface area contributed by atoms with Crippen LogP contribution in [0.15, 0.2) is 0 Å². The van der Waals surface area contributed by atoms with Gasteiger partial charge in [0.25, 0.3) is 0 Å². The van der Waals surface area contributed by atoms with E-state index in [9.17, 15) is 13.2 Å². The van der Waals surface area contributed by atoms with Crippen LogP contribution in [0.2, 0.25) is 0 Å². The maximum absolute atomic E-state index is 11.4. The molecule has 5 heteroatoms. The van der Waals surface area contributed by atoms with Gasteiger partial charge in [0.15, 0.2) is 0 Å². The second-order valence-corrected chi connectivity index (χ2v) is 2.48. The Morgan fingerprint density at radius 3 is 2.11 bits per heavy atom. The van der Waals surface area contributed by atoms with Crippen molar-refractivity contribution in [1.29, 1.82) is 5.26 Å². The van der Waals surface area contributed by atoms with Crippen LogP contribution in [0.4, 0.5) is 13.2 Å². The lowest BCUT2D eigenvalue weighted by Crippen LogP contribution is -2.21. The van der Waals surface area contributed by atoms with Gasteiger partial charge < -0.3 is 0 Å². The summed E-state index contributed by atoms with van der Waals surface area (Å²) in [7, 11) is 0. The molecule has 0 N–H and O–H groups in total. The van der Waals surface area contributed by atoms with Gasteiger partial charge in [0.05, 0.1) is 12.5 Å². The van der Waals surface area contributed by atoms with Gasteiger partial charge in [-0.15, -0.1) is 0 Å². The molecule has 0 aromatic heterocycles. The first-order valence-corrected chi connectivity index (χ1v) is 2.97. The normalized spacial score (nSPS) is 14.6. The molecular weight excluding hydrogens is 199 g/mol. The van der Waals surface area contributed by atoms with E-state index in [1.54, 1.807) is 0 Å². The van der Waals surface area contributed by atoms with Crippen molar-refractivity contribution in [2.24, 2.45) is 0 Å². The molecule has 1 nitrogen and oxygen atoms in total. The van der Waals surface area contributed by atoms with E-state index in [1.807, 2.05) is 0 Å². The molecule has 0 spiro atoms. The van der Waals surface area contributed by atoms with Crippen LogP contribution < -0.4 is 0 Å². The minimum Gasteiger partial charge on any atom is -0.198 e. The minimum absolute atomic E-state index is 0.538. The van der Waals surface area contributed by atoms with Crippen molar-refractivity contribution in [3.05, 3.63) is 0 Å². The zero-order valence-electron chi connectivity index (χ0n) is 4.24. The predicted molar refractivity (Wildman–Crippen MR) is 29.0 cm³/mol. The van der Waals surface area contributed by atoms with Crippen molar-refractivity contribution >= 4 is 15.9 Å². The Kier molecular flexibility index (Phi) is 2.98. The second-order valence-electron chi connectivity index (χ2n) is 1.37. The van der Waals surface area contributed by atoms with Crippen LogP contribution in [-0.4, -0.2) is 11.0 Å². The van der Waals surface area contributed by atoms with Crippen molar-refractivity contribution in [1.82, 2.24) is 0 Å². The summed E-state index contributed by atoms with van der Waals surface area (Å²) in [5, 5.41) is 7.82. The van der Waals surface area contributed by atoms with E-state index in [0.717, 1.165) is 0 Å². The van der Waals surface area contributed by atoms with Gasteiger partial charge in [-0.05, 0) is 0 Å². The molecule has 0 saturated carbocycles. The summed E-state index contributed by atoms with van der Waals surface area (Å²) < 4.78 is 34.3. The molecule has 0 aromatic rings. The molecule has 0 aliphatic heterocycles. The summed E-state index contributed by atoms with van der Waals surface area (Å²) in [5.41, 5.74) is 0. The van der Waals surface area contributed by atoms with Crippen LogP contribution >= 0.6 is 15.9 Å². The highest BCUT2D eigenvalue weighted by Gasteiger charge is 2.37. The van der Waals surface area contributed by atoms with E-state index >= 15 is 0 Å². The van der Waals surface area contributed by atoms with Gasteiger partial charge in [0.1, 0.15) is 4.83 Å². The fourth-order valence-corrected chi connectivity index (χ4v) is 0.341. The zero-order valence-corrected chi connectivity index (χ0v) is 5.83. The number of halogens is 4. The summed E-state index contributed by atoms with van der Waals surface area (Å²) in [4.78, 5) is -1.69. The van der Waals surface area contributed by atoms with Crippen molar-refractivity contribution in [3.63, 3.8) is 0 Å². The molecule has 52 valence electrons. The monoisotopic (exact) mass is 201 g/mol. The quantitative estimate of drug-likeness (QED) is 0.598. The third kappa shape index (κ3) is 3.36. The van der Waals surface area contributed by atoms with Gasteiger partial charge in [-0.2, -0.15) is 18.4 Å². The lowest BCUT2D eigenvalue weighted by atomic mass is 10.3. The maximum Gasteiger partial charge on any atom is 0.402 e. The first-order valence-electron chi connectivity index (χ1n) is 2.06. The number of nitrogens with zero attached hydrogens (tertiary/aromatic N) is 1. The van der Waals surface area contributed by atoms with E-state index < -0.39 is 17.4 Å². The highest BCUT2D eigenvalue weighted by molar-refractivity contribution is 9.09. The average Bonchev–Trinajstić information content (AvgIpc) is 1.64. The van der Waals surface area contributed by atoms with Crippen molar-refractivity contribution in [2.45, 2.75) is 17.4 Å². The third-order valence-electron chi connectivity index (χ3n) is 0.626. The number of rotatable bonds is 1. The Labute approximate surface area is 58.6 Å². The molecule has 0 saturated heterocycles. The number of alkyl halides is 4. The first-order chi connectivity index (χ1) is 3.98. The molecule has 0 heterocycles. The Bertz CT molecular complexity index is 125. The lowest BCUT2D eigenvalue weighted by Gasteiger charge is -2.08. The number of nitriles is 1. The van der Waals surface area contributed by atoms with Crippen LogP contribution in [0.3, 0.4) is 0 Å². The van der Waals surface area contributed by atoms with E-state index in [1.165, 1.54) is 6.07 Å². The highest BCUT2D eigenvalue weighted by Crippen LogP contribution is 2.27. The molecular formula is C4H3BrF3N. The zero-order chi connectivity index (χ0) is 7.49. The molecule has 0 radical (unpaired) electrons. The van der Waals surface area contributed by atoms with Gasteiger partial charge >= 0.3 is 6.18 Å². The minimum atomic E-state index is -4.30. The summed E-state index contributed by atoms with van der Waals surface area (Å²) in [5.74, 6) is 0. The van der Waals surface area contributed by atoms with Gasteiger partial charge in [-0.25, -0.2) is 0 Å². The summed E-state index contributed by atoms with van der Waals surface area (Å²) in [6.45, 7) is 0. The van der Waals surface area contributed by atoms with Crippen LogP contribution in [0, 0.1) is 11.3 Å². The fourth-order valence-electron chi connectivity index (χ4n) is 0.196. The second kappa shape index (κ2) is 3.06. The molecule has 0 fully saturated rings. The average molecular weight is 202 g/mol. The Hall–Kier alpha value is -0.240. The van der Waals surface area contributed by atoms with Gasteiger partial charge in [-0.3, -0.25) is 0 Å². The van der Waals surface area contributed by atoms with E-state index in [0.29, 0.717) is 0 Å². The number of hydrogen-bond donors (Lipinski definition) is 0. The predicted octanol–water partition coefficient (Wildman–Crippen LogP) is 2.23. The fraction of sp³-hybridized carbons (Fsp3) is 0.750. The molecule has 0 aliphatic carbocycles. The first kappa shape index (κ1) is 8.76. The van der Waals surface area contributed by atoms with E-state index in [4.69, 9.17) is 5.26 Å². The largest absolute Gasteiger partial charge is 0.402 e. The number of hydrogen-bond acceptors (Lipinski definition) is 1. The SMILES string of the molecule is N#CCC(Br)C(F)(F)F. The Morgan fingerprint density at radius 2 is 2.00 bits per heavy atom. The molecule has 1 atom stereocenters. The summed E-state index contributed by atoms with van der Waals surface area (Å²) >= 11 is 2.31.